The molecule has 0 atom stereocenters. The third-order valence-electron chi connectivity index (χ3n) is 5.39. The average Bonchev–Trinajstić information content (AvgIpc) is 3.49. The molecule has 0 spiro atoms. The van der Waals surface area contributed by atoms with E-state index in [1.807, 2.05) is 12.1 Å². The van der Waals surface area contributed by atoms with Gasteiger partial charge in [-0.1, -0.05) is 30.3 Å². The molecule has 3 aromatic carbocycles. The van der Waals surface area contributed by atoms with Gasteiger partial charge >= 0.3 is 0 Å². The van der Waals surface area contributed by atoms with E-state index in [4.69, 9.17) is 0 Å². The van der Waals surface area contributed by atoms with Crippen molar-refractivity contribution in [2.75, 3.05) is 5.32 Å². The highest BCUT2D eigenvalue weighted by molar-refractivity contribution is 7.13. The van der Waals surface area contributed by atoms with Gasteiger partial charge in [-0.05, 0) is 42.5 Å². The van der Waals surface area contributed by atoms with Crippen LogP contribution in [-0.4, -0.2) is 20.7 Å². The minimum Gasteiger partial charge on any atom is -0.320 e. The summed E-state index contributed by atoms with van der Waals surface area (Å²) in [6.45, 7) is 0. The lowest BCUT2D eigenvalue weighted by Gasteiger charge is -2.09. The molecule has 0 fully saturated rings. The van der Waals surface area contributed by atoms with Gasteiger partial charge in [0.1, 0.15) is 16.5 Å². The monoisotopic (exact) mass is 490 g/mol. The van der Waals surface area contributed by atoms with E-state index in [2.05, 4.69) is 15.4 Å². The quantitative estimate of drug-likeness (QED) is 0.304. The first kappa shape index (κ1) is 22.5. The number of rotatable bonds is 5. The van der Waals surface area contributed by atoms with Crippen molar-refractivity contribution in [3.8, 4) is 33.1 Å². The standard InChI is InChI=1S/C26H17F3N4OS/c1-33-24(13-22(32-33)15-10-11-19(28)20(29)12-15)25(34)30-21-9-5-3-7-17(21)23-14-35-26(31-23)16-6-2-4-8-18(16)27/h2-14H,1H3,(H,30,34). The van der Waals surface area contributed by atoms with Gasteiger partial charge in [0.2, 0.25) is 0 Å². The Labute approximate surface area is 202 Å². The molecule has 0 unspecified atom stereocenters. The summed E-state index contributed by atoms with van der Waals surface area (Å²) in [5, 5.41) is 9.46. The first-order chi connectivity index (χ1) is 16.9. The Hall–Kier alpha value is -4.24. The van der Waals surface area contributed by atoms with Crippen molar-refractivity contribution < 1.29 is 18.0 Å². The van der Waals surface area contributed by atoms with Crippen LogP contribution < -0.4 is 5.32 Å². The lowest BCUT2D eigenvalue weighted by atomic mass is 10.1. The van der Waals surface area contributed by atoms with Gasteiger partial charge in [0.05, 0.1) is 17.1 Å². The third-order valence-corrected chi connectivity index (χ3v) is 6.26. The molecule has 5 rings (SSSR count). The zero-order valence-electron chi connectivity index (χ0n) is 18.3. The normalized spacial score (nSPS) is 11.0. The summed E-state index contributed by atoms with van der Waals surface area (Å²) in [6.07, 6.45) is 0. The Bertz CT molecular complexity index is 1560. The largest absolute Gasteiger partial charge is 0.320 e. The van der Waals surface area contributed by atoms with E-state index in [0.29, 0.717) is 38.8 Å². The van der Waals surface area contributed by atoms with Crippen LogP contribution in [0.5, 0.6) is 0 Å². The van der Waals surface area contributed by atoms with Crippen LogP contribution >= 0.6 is 11.3 Å². The minimum atomic E-state index is -0.994. The molecule has 0 radical (unpaired) electrons. The van der Waals surface area contributed by atoms with Crippen LogP contribution in [0.3, 0.4) is 0 Å². The van der Waals surface area contributed by atoms with Gasteiger partial charge in [-0.2, -0.15) is 5.10 Å². The first-order valence-electron chi connectivity index (χ1n) is 10.5. The number of halogens is 3. The average molecular weight is 491 g/mol. The molecule has 5 nitrogen and oxygen atoms in total. The van der Waals surface area contributed by atoms with Crippen LogP contribution in [0.15, 0.2) is 78.2 Å². The number of thiazole rings is 1. The zero-order valence-corrected chi connectivity index (χ0v) is 19.1. The number of hydrogen-bond donors (Lipinski definition) is 1. The predicted molar refractivity (Wildman–Crippen MR) is 129 cm³/mol. The molecule has 0 saturated carbocycles. The molecule has 1 amide bonds. The number of nitrogens with zero attached hydrogens (tertiary/aromatic N) is 3. The molecule has 0 aliphatic heterocycles. The van der Waals surface area contributed by atoms with Crippen molar-refractivity contribution in [1.29, 1.82) is 0 Å². The number of anilines is 1. The first-order valence-corrected chi connectivity index (χ1v) is 11.4. The number of carbonyl (C=O) groups excluding carboxylic acids is 1. The topological polar surface area (TPSA) is 59.8 Å². The van der Waals surface area contributed by atoms with Gasteiger partial charge in [0.25, 0.3) is 5.91 Å². The van der Waals surface area contributed by atoms with Crippen LogP contribution in [0.25, 0.3) is 33.1 Å². The Morgan fingerprint density at radius 2 is 1.60 bits per heavy atom. The number of para-hydroxylation sites is 1. The molecule has 2 aromatic heterocycles. The number of benzene rings is 3. The van der Waals surface area contributed by atoms with Crippen molar-refractivity contribution >= 4 is 22.9 Å². The van der Waals surface area contributed by atoms with Gasteiger partial charge in [-0.25, -0.2) is 18.2 Å². The van der Waals surface area contributed by atoms with E-state index in [0.717, 1.165) is 12.1 Å². The molecule has 0 bridgehead atoms. The molecule has 174 valence electrons. The molecule has 2 heterocycles. The number of aryl methyl sites for hydroxylation is 1. The number of nitrogens with one attached hydrogen (secondary N) is 1. The van der Waals surface area contributed by atoms with Crippen LogP contribution in [0.2, 0.25) is 0 Å². The molecular formula is C26H17F3N4OS. The maximum Gasteiger partial charge on any atom is 0.273 e. The van der Waals surface area contributed by atoms with E-state index < -0.39 is 17.5 Å². The van der Waals surface area contributed by atoms with Crippen LogP contribution in [0.1, 0.15) is 10.5 Å². The highest BCUT2D eigenvalue weighted by Crippen LogP contribution is 2.34. The van der Waals surface area contributed by atoms with Crippen LogP contribution in [-0.2, 0) is 7.05 Å². The molecule has 35 heavy (non-hydrogen) atoms. The molecule has 0 saturated heterocycles. The van der Waals surface area contributed by atoms with Crippen molar-refractivity contribution in [3.63, 3.8) is 0 Å². The van der Waals surface area contributed by atoms with E-state index in [9.17, 15) is 18.0 Å². The highest BCUT2D eigenvalue weighted by atomic mass is 32.1. The second-order valence-electron chi connectivity index (χ2n) is 7.68. The van der Waals surface area contributed by atoms with Crippen molar-refractivity contribution in [3.05, 3.63) is 101 Å². The lowest BCUT2D eigenvalue weighted by Crippen LogP contribution is -2.16. The summed E-state index contributed by atoms with van der Waals surface area (Å²) in [6, 6.07) is 18.5. The molecular weight excluding hydrogens is 473 g/mol. The second kappa shape index (κ2) is 9.19. The van der Waals surface area contributed by atoms with E-state index in [1.54, 1.807) is 42.8 Å². The Kier molecular flexibility index (Phi) is 5.92. The second-order valence-corrected chi connectivity index (χ2v) is 8.54. The van der Waals surface area contributed by atoms with Crippen molar-refractivity contribution in [2.24, 2.45) is 7.05 Å². The maximum absolute atomic E-state index is 14.2. The summed E-state index contributed by atoms with van der Waals surface area (Å²) in [5.41, 5.74) is 3.09. The van der Waals surface area contributed by atoms with Crippen molar-refractivity contribution in [1.82, 2.24) is 14.8 Å². The molecule has 1 N–H and O–H groups in total. The SMILES string of the molecule is Cn1nc(-c2ccc(F)c(F)c2)cc1C(=O)Nc1ccccc1-c1csc(-c2ccccc2F)n1. The van der Waals surface area contributed by atoms with E-state index >= 15 is 0 Å². The fourth-order valence-corrected chi connectivity index (χ4v) is 4.48. The van der Waals surface area contributed by atoms with Gasteiger partial charge < -0.3 is 5.32 Å². The van der Waals surface area contributed by atoms with Gasteiger partial charge in [0, 0.05) is 29.1 Å². The minimum absolute atomic E-state index is 0.227. The zero-order chi connectivity index (χ0) is 24.5. The van der Waals surface area contributed by atoms with Crippen LogP contribution in [0, 0.1) is 17.5 Å². The Morgan fingerprint density at radius 1 is 0.857 bits per heavy atom. The maximum atomic E-state index is 14.2. The van der Waals surface area contributed by atoms with Gasteiger partial charge in [-0.3, -0.25) is 9.48 Å². The molecule has 9 heteroatoms. The predicted octanol–water partition coefficient (Wildman–Crippen LogP) is 6.55. The van der Waals surface area contributed by atoms with Gasteiger partial charge in [-0.15, -0.1) is 11.3 Å². The fraction of sp³-hybridized carbons (Fsp3) is 0.0385. The smallest absolute Gasteiger partial charge is 0.273 e. The highest BCUT2D eigenvalue weighted by Gasteiger charge is 2.18. The lowest BCUT2D eigenvalue weighted by molar-refractivity contribution is 0.101. The molecule has 5 aromatic rings. The van der Waals surface area contributed by atoms with E-state index in [-0.39, 0.29) is 11.5 Å². The number of hydrogen-bond acceptors (Lipinski definition) is 4. The number of amides is 1. The Morgan fingerprint density at radius 3 is 2.37 bits per heavy atom. The molecule has 0 aliphatic carbocycles. The van der Waals surface area contributed by atoms with E-state index in [1.165, 1.54) is 34.2 Å². The summed E-state index contributed by atoms with van der Waals surface area (Å²) in [5.74, 6) is -2.75. The summed E-state index contributed by atoms with van der Waals surface area (Å²) in [7, 11) is 1.59. The van der Waals surface area contributed by atoms with Crippen LogP contribution in [0.4, 0.5) is 18.9 Å². The van der Waals surface area contributed by atoms with Crippen molar-refractivity contribution in [2.45, 2.75) is 0 Å². The summed E-state index contributed by atoms with van der Waals surface area (Å²) in [4.78, 5) is 17.7. The summed E-state index contributed by atoms with van der Waals surface area (Å²) >= 11 is 1.31. The third kappa shape index (κ3) is 4.45. The number of aromatic nitrogens is 3. The van der Waals surface area contributed by atoms with Gasteiger partial charge in [0.15, 0.2) is 11.6 Å². The number of carbonyl (C=O) groups is 1. The Balaban J connectivity index is 1.43. The molecule has 0 aliphatic rings. The fourth-order valence-electron chi connectivity index (χ4n) is 3.63. The summed E-state index contributed by atoms with van der Waals surface area (Å²) < 4.78 is 42.5.